The van der Waals surface area contributed by atoms with Gasteiger partial charge in [-0.3, -0.25) is 9.69 Å². The summed E-state index contributed by atoms with van der Waals surface area (Å²) in [6.07, 6.45) is 1.17. The third-order valence-corrected chi connectivity index (χ3v) is 6.15. The zero-order valence-corrected chi connectivity index (χ0v) is 19.0. The van der Waals surface area contributed by atoms with Gasteiger partial charge < -0.3 is 18.9 Å². The minimum Gasteiger partial charge on any atom is -0.490 e. The van der Waals surface area contributed by atoms with Crippen molar-refractivity contribution in [1.82, 2.24) is 4.90 Å². The molecule has 2 atom stereocenters. The summed E-state index contributed by atoms with van der Waals surface area (Å²) < 4.78 is 22.6. The van der Waals surface area contributed by atoms with Crippen LogP contribution in [0.1, 0.15) is 31.7 Å². The molecule has 2 unspecified atom stereocenters. The van der Waals surface area contributed by atoms with Crippen LogP contribution in [0.2, 0.25) is 0 Å². The van der Waals surface area contributed by atoms with Crippen LogP contribution >= 0.6 is 0 Å². The van der Waals surface area contributed by atoms with E-state index in [1.807, 2.05) is 61.5 Å². The number of rotatable bonds is 9. The second-order valence-corrected chi connectivity index (χ2v) is 8.41. The zero-order chi connectivity index (χ0) is 23.0. The molecular weight excluding hydrogens is 422 g/mol. The fourth-order valence-electron chi connectivity index (χ4n) is 4.58. The molecule has 2 aliphatic heterocycles. The molecule has 0 spiro atoms. The summed E-state index contributed by atoms with van der Waals surface area (Å²) in [4.78, 5) is 27.5. The number of para-hydroxylation sites is 2. The molecule has 0 aliphatic carbocycles. The monoisotopic (exact) mass is 453 g/mol. The first-order valence-electron chi connectivity index (χ1n) is 11.6. The lowest BCUT2D eigenvalue weighted by Crippen LogP contribution is -2.60. The average Bonchev–Trinajstić information content (AvgIpc) is 2.83. The first-order chi connectivity index (χ1) is 16.2. The summed E-state index contributed by atoms with van der Waals surface area (Å²) >= 11 is 0. The van der Waals surface area contributed by atoms with Crippen molar-refractivity contribution < 1.29 is 28.5 Å². The van der Waals surface area contributed by atoms with Gasteiger partial charge in [-0.2, -0.15) is 0 Å². The summed E-state index contributed by atoms with van der Waals surface area (Å²) in [6.45, 7) is 3.87. The van der Waals surface area contributed by atoms with Gasteiger partial charge in [-0.1, -0.05) is 42.5 Å². The Bertz CT molecular complexity index is 919. The van der Waals surface area contributed by atoms with Gasteiger partial charge in [0.2, 0.25) is 0 Å². The van der Waals surface area contributed by atoms with E-state index >= 15 is 0 Å². The summed E-state index contributed by atoms with van der Waals surface area (Å²) in [7, 11) is 0. The molecule has 4 rings (SSSR count). The van der Waals surface area contributed by atoms with E-state index < -0.39 is 0 Å². The molecule has 2 aromatic carbocycles. The maximum atomic E-state index is 12.9. The molecule has 1 amide bonds. The minimum atomic E-state index is -0.334. The molecule has 2 fully saturated rings. The molecule has 0 radical (unpaired) electrons. The lowest BCUT2D eigenvalue weighted by molar-refractivity contribution is -0.131. The van der Waals surface area contributed by atoms with Gasteiger partial charge in [0, 0.05) is 12.3 Å². The maximum Gasteiger partial charge on any atom is 0.410 e. The molecule has 2 saturated heterocycles. The van der Waals surface area contributed by atoms with Gasteiger partial charge in [0.05, 0.1) is 38.5 Å². The molecular formula is C26H31NO6. The number of hydrogen-bond donors (Lipinski definition) is 0. The minimum absolute atomic E-state index is 0.104. The highest BCUT2D eigenvalue weighted by Crippen LogP contribution is 2.33. The van der Waals surface area contributed by atoms with E-state index in [2.05, 4.69) is 0 Å². The van der Waals surface area contributed by atoms with Crippen LogP contribution in [0.25, 0.3) is 0 Å². The number of carbonyl (C=O) groups is 2. The highest BCUT2D eigenvalue weighted by Gasteiger charge is 2.44. The van der Waals surface area contributed by atoms with Crippen LogP contribution in [0.5, 0.6) is 11.5 Å². The number of fused-ring (bicyclic) bond motifs is 2. The predicted molar refractivity (Wildman–Crippen MR) is 122 cm³/mol. The second kappa shape index (κ2) is 11.2. The van der Waals surface area contributed by atoms with Gasteiger partial charge in [-0.15, -0.1) is 0 Å². The number of Topliss-reactive ketones (excluding diaryl/α,β-unsaturated/α-hetero) is 1. The smallest absolute Gasteiger partial charge is 0.410 e. The van der Waals surface area contributed by atoms with Gasteiger partial charge in [0.1, 0.15) is 12.4 Å². The third kappa shape index (κ3) is 5.85. The van der Waals surface area contributed by atoms with E-state index in [1.165, 1.54) is 0 Å². The van der Waals surface area contributed by atoms with Crippen molar-refractivity contribution in [3.05, 3.63) is 60.2 Å². The fourth-order valence-corrected chi connectivity index (χ4v) is 4.58. The lowest BCUT2D eigenvalue weighted by Gasteiger charge is -2.47. The van der Waals surface area contributed by atoms with Crippen molar-refractivity contribution >= 4 is 11.9 Å². The van der Waals surface area contributed by atoms with Crippen molar-refractivity contribution in [2.75, 3.05) is 26.4 Å². The van der Waals surface area contributed by atoms with E-state index in [0.717, 1.165) is 5.56 Å². The van der Waals surface area contributed by atoms with Crippen LogP contribution in [0.15, 0.2) is 54.6 Å². The van der Waals surface area contributed by atoms with Crippen LogP contribution in [-0.2, 0) is 20.9 Å². The molecule has 2 bridgehead atoms. The Kier molecular flexibility index (Phi) is 7.83. The summed E-state index contributed by atoms with van der Waals surface area (Å²) in [5, 5.41) is 0. The standard InChI is InChI=1S/C26H31NO6/c1-2-31-24-10-6-7-11-25(24)32-13-12-23(28)20-14-21-17-30-18-22(15-20)27(21)26(29)33-16-19-8-4-3-5-9-19/h3-11,20-22H,2,12-18H2,1H3. The lowest BCUT2D eigenvalue weighted by atomic mass is 9.82. The molecule has 2 aromatic rings. The molecule has 2 aliphatic rings. The van der Waals surface area contributed by atoms with Crippen molar-refractivity contribution in [2.24, 2.45) is 5.92 Å². The average molecular weight is 454 g/mol. The number of piperidine rings is 1. The van der Waals surface area contributed by atoms with Gasteiger partial charge in [-0.05, 0) is 37.5 Å². The molecule has 7 heteroatoms. The molecule has 0 aromatic heterocycles. The number of nitrogens with zero attached hydrogens (tertiary/aromatic N) is 1. The van der Waals surface area contributed by atoms with Crippen LogP contribution in [0.4, 0.5) is 4.79 Å². The number of amides is 1. The van der Waals surface area contributed by atoms with Gasteiger partial charge in [0.15, 0.2) is 11.5 Å². The van der Waals surface area contributed by atoms with Crippen LogP contribution < -0.4 is 9.47 Å². The fraction of sp³-hybridized carbons (Fsp3) is 0.462. The Labute approximate surface area is 194 Å². The summed E-state index contributed by atoms with van der Waals surface area (Å²) in [6, 6.07) is 16.8. The van der Waals surface area contributed by atoms with Crippen molar-refractivity contribution in [1.29, 1.82) is 0 Å². The van der Waals surface area contributed by atoms with Gasteiger partial charge in [0.25, 0.3) is 0 Å². The topological polar surface area (TPSA) is 74.3 Å². The Balaban J connectivity index is 1.29. The molecule has 0 N–H and O–H groups in total. The Hall–Kier alpha value is -3.06. The van der Waals surface area contributed by atoms with Crippen molar-refractivity contribution in [3.8, 4) is 11.5 Å². The van der Waals surface area contributed by atoms with Crippen LogP contribution in [0, 0.1) is 5.92 Å². The third-order valence-electron chi connectivity index (χ3n) is 6.15. The Morgan fingerprint density at radius 3 is 2.24 bits per heavy atom. The highest BCUT2D eigenvalue weighted by atomic mass is 16.6. The normalized spacial score (nSPS) is 21.8. The zero-order valence-electron chi connectivity index (χ0n) is 19.0. The van der Waals surface area contributed by atoms with E-state index in [1.54, 1.807) is 4.90 Å². The first-order valence-corrected chi connectivity index (χ1v) is 11.6. The van der Waals surface area contributed by atoms with Gasteiger partial charge in [-0.25, -0.2) is 4.79 Å². The largest absolute Gasteiger partial charge is 0.490 e. The molecule has 0 saturated carbocycles. The SMILES string of the molecule is CCOc1ccccc1OCCC(=O)C1CC2COCC(C1)N2C(=O)OCc1ccccc1. The van der Waals surface area contributed by atoms with Crippen molar-refractivity contribution in [3.63, 3.8) is 0 Å². The number of morpholine rings is 1. The number of carbonyl (C=O) groups excluding carboxylic acids is 2. The van der Waals surface area contributed by atoms with Gasteiger partial charge >= 0.3 is 6.09 Å². The second-order valence-electron chi connectivity index (χ2n) is 8.41. The van der Waals surface area contributed by atoms with Crippen LogP contribution in [-0.4, -0.2) is 55.3 Å². The number of benzene rings is 2. The molecule has 176 valence electrons. The summed E-state index contributed by atoms with van der Waals surface area (Å²) in [5.74, 6) is 1.39. The van der Waals surface area contributed by atoms with E-state index in [9.17, 15) is 9.59 Å². The van der Waals surface area contributed by atoms with E-state index in [-0.39, 0.29) is 36.5 Å². The van der Waals surface area contributed by atoms with E-state index in [0.29, 0.717) is 57.2 Å². The number of ether oxygens (including phenoxy) is 4. The molecule has 33 heavy (non-hydrogen) atoms. The predicted octanol–water partition coefficient (Wildman–Crippen LogP) is 4.24. The first kappa shape index (κ1) is 23.1. The Morgan fingerprint density at radius 1 is 0.939 bits per heavy atom. The van der Waals surface area contributed by atoms with Crippen LogP contribution in [0.3, 0.4) is 0 Å². The maximum absolute atomic E-state index is 12.9. The summed E-state index contributed by atoms with van der Waals surface area (Å²) in [5.41, 5.74) is 0.947. The van der Waals surface area contributed by atoms with E-state index in [4.69, 9.17) is 18.9 Å². The molecule has 2 heterocycles. The number of ketones is 1. The quantitative estimate of drug-likeness (QED) is 0.565. The number of hydrogen-bond acceptors (Lipinski definition) is 6. The highest BCUT2D eigenvalue weighted by molar-refractivity contribution is 5.82. The molecule has 7 nitrogen and oxygen atoms in total. The Morgan fingerprint density at radius 2 is 1.58 bits per heavy atom. The van der Waals surface area contributed by atoms with Crippen molar-refractivity contribution in [2.45, 2.75) is 44.9 Å².